The van der Waals surface area contributed by atoms with Crippen molar-refractivity contribution >= 4 is 34.9 Å². The first-order chi connectivity index (χ1) is 13.1. The van der Waals surface area contributed by atoms with E-state index in [1.54, 1.807) is 36.4 Å². The van der Waals surface area contributed by atoms with Gasteiger partial charge < -0.3 is 25.4 Å². The molecule has 0 radical (unpaired) electrons. The number of carbonyl (C=O) groups excluding carboxylic acids is 2. The number of urea groups is 1. The summed E-state index contributed by atoms with van der Waals surface area (Å²) in [7, 11) is 0. The van der Waals surface area contributed by atoms with Gasteiger partial charge in [0.25, 0.3) is 5.91 Å². The van der Waals surface area contributed by atoms with Crippen LogP contribution in [-0.4, -0.2) is 31.7 Å². The van der Waals surface area contributed by atoms with Crippen LogP contribution in [0.4, 0.5) is 16.2 Å². The minimum absolute atomic E-state index is 0.322. The lowest BCUT2D eigenvalue weighted by atomic mass is 10.1. The molecule has 2 aromatic rings. The molecule has 0 saturated carbocycles. The highest BCUT2D eigenvalue weighted by Gasteiger charge is 2.19. The Hall–Kier alpha value is -3.19. The number of amides is 3. The van der Waals surface area contributed by atoms with Crippen LogP contribution in [0.3, 0.4) is 0 Å². The molecule has 1 aliphatic rings. The van der Waals surface area contributed by atoms with Crippen LogP contribution < -0.4 is 25.4 Å². The van der Waals surface area contributed by atoms with Crippen LogP contribution in [0.1, 0.15) is 10.4 Å². The Balaban J connectivity index is 1.65. The Bertz CT molecular complexity index is 868. The van der Waals surface area contributed by atoms with E-state index < -0.39 is 0 Å². The molecule has 1 heterocycles. The van der Waals surface area contributed by atoms with Crippen molar-refractivity contribution in [3.63, 3.8) is 0 Å². The minimum Gasteiger partial charge on any atom is -0.486 e. The maximum absolute atomic E-state index is 12.5. The normalized spacial score (nSPS) is 12.0. The maximum atomic E-state index is 12.5. The van der Waals surface area contributed by atoms with Crippen LogP contribution >= 0.6 is 11.6 Å². The smallest absolute Gasteiger partial charge is 0.319 e. The third-order valence-electron chi connectivity index (χ3n) is 3.67. The second kappa shape index (κ2) is 8.46. The molecule has 27 heavy (non-hydrogen) atoms. The number of benzene rings is 2. The molecule has 0 saturated heterocycles. The number of nitrogens with one attached hydrogen (secondary N) is 3. The van der Waals surface area contributed by atoms with E-state index in [4.69, 9.17) is 21.1 Å². The van der Waals surface area contributed by atoms with E-state index in [0.717, 1.165) is 0 Å². The summed E-state index contributed by atoms with van der Waals surface area (Å²) in [5.41, 5.74) is 1.52. The van der Waals surface area contributed by atoms with E-state index in [-0.39, 0.29) is 11.9 Å². The molecule has 0 aromatic heterocycles. The molecule has 3 amide bonds. The van der Waals surface area contributed by atoms with Gasteiger partial charge in [-0.25, -0.2) is 4.79 Å². The van der Waals surface area contributed by atoms with Crippen molar-refractivity contribution in [2.24, 2.45) is 0 Å². The summed E-state index contributed by atoms with van der Waals surface area (Å²) >= 11 is 6.16. The molecular weight excluding hydrogens is 370 g/mol. The van der Waals surface area contributed by atoms with Crippen LogP contribution in [0.5, 0.6) is 11.5 Å². The number of rotatable bonds is 5. The molecule has 0 bridgehead atoms. The Morgan fingerprint density at radius 3 is 2.44 bits per heavy atom. The third kappa shape index (κ3) is 4.71. The molecule has 2 aromatic carbocycles. The topological polar surface area (TPSA) is 88.7 Å². The zero-order valence-electron chi connectivity index (χ0n) is 14.4. The van der Waals surface area contributed by atoms with Gasteiger partial charge in [0.2, 0.25) is 0 Å². The second-order valence-electron chi connectivity index (χ2n) is 5.64. The lowest BCUT2D eigenvalue weighted by molar-refractivity contribution is 0.102. The predicted molar refractivity (Wildman–Crippen MR) is 104 cm³/mol. The summed E-state index contributed by atoms with van der Waals surface area (Å²) in [6.45, 7) is 4.73. The van der Waals surface area contributed by atoms with Gasteiger partial charge in [-0.1, -0.05) is 17.7 Å². The number of hydrogen-bond donors (Lipinski definition) is 3. The van der Waals surface area contributed by atoms with Gasteiger partial charge in [0, 0.05) is 23.5 Å². The van der Waals surface area contributed by atoms with E-state index >= 15 is 0 Å². The Kier molecular flexibility index (Phi) is 5.83. The van der Waals surface area contributed by atoms with Crippen molar-refractivity contribution in [2.75, 3.05) is 30.4 Å². The fourth-order valence-corrected chi connectivity index (χ4v) is 2.69. The summed E-state index contributed by atoms with van der Waals surface area (Å²) < 4.78 is 10.9. The van der Waals surface area contributed by atoms with Gasteiger partial charge >= 0.3 is 6.03 Å². The van der Waals surface area contributed by atoms with Crippen molar-refractivity contribution < 1.29 is 19.1 Å². The molecule has 3 N–H and O–H groups in total. The first kappa shape index (κ1) is 18.6. The SMILES string of the molecule is C=CCNC(=O)Nc1ccc(NC(=O)c2cc(Cl)c3c(c2)OCCO3)cc1. The molecule has 0 spiro atoms. The Morgan fingerprint density at radius 2 is 1.74 bits per heavy atom. The lowest BCUT2D eigenvalue weighted by Gasteiger charge is -2.20. The molecule has 0 unspecified atom stereocenters. The molecule has 1 aliphatic heterocycles. The zero-order valence-corrected chi connectivity index (χ0v) is 15.1. The first-order valence-corrected chi connectivity index (χ1v) is 8.61. The van der Waals surface area contributed by atoms with E-state index in [2.05, 4.69) is 22.5 Å². The summed E-state index contributed by atoms with van der Waals surface area (Å²) in [6, 6.07) is 9.51. The Morgan fingerprint density at radius 1 is 1.07 bits per heavy atom. The molecule has 3 rings (SSSR count). The molecule has 140 valence electrons. The predicted octanol–water partition coefficient (Wildman–Crippen LogP) is 3.67. The van der Waals surface area contributed by atoms with Crippen molar-refractivity contribution in [3.8, 4) is 11.5 Å². The van der Waals surface area contributed by atoms with Crippen molar-refractivity contribution in [3.05, 3.63) is 59.6 Å². The number of ether oxygens (including phenoxy) is 2. The zero-order chi connectivity index (χ0) is 19.2. The number of hydrogen-bond acceptors (Lipinski definition) is 4. The standard InChI is InChI=1S/C19H18ClN3O4/c1-2-7-21-19(25)23-14-5-3-13(4-6-14)22-18(24)12-10-15(20)17-16(11-12)26-8-9-27-17/h2-6,10-11H,1,7-9H2,(H,22,24)(H2,21,23,25). The van der Waals surface area contributed by atoms with E-state index in [0.29, 0.717) is 53.2 Å². The highest BCUT2D eigenvalue weighted by Crippen LogP contribution is 2.38. The van der Waals surface area contributed by atoms with Crippen LogP contribution in [0.15, 0.2) is 49.1 Å². The van der Waals surface area contributed by atoms with E-state index in [1.807, 2.05) is 0 Å². The number of fused-ring (bicyclic) bond motifs is 1. The van der Waals surface area contributed by atoms with Crippen LogP contribution in [-0.2, 0) is 0 Å². The maximum Gasteiger partial charge on any atom is 0.319 e. The summed E-state index contributed by atoms with van der Waals surface area (Å²) in [4.78, 5) is 24.1. The number of carbonyl (C=O) groups is 2. The van der Waals surface area contributed by atoms with E-state index in [9.17, 15) is 9.59 Å². The van der Waals surface area contributed by atoms with Crippen LogP contribution in [0, 0.1) is 0 Å². The first-order valence-electron chi connectivity index (χ1n) is 8.23. The average Bonchev–Trinajstić information content (AvgIpc) is 2.68. The fourth-order valence-electron chi connectivity index (χ4n) is 2.42. The van der Waals surface area contributed by atoms with Crippen molar-refractivity contribution in [1.82, 2.24) is 5.32 Å². The van der Waals surface area contributed by atoms with Crippen LogP contribution in [0.2, 0.25) is 5.02 Å². The summed E-state index contributed by atoms with van der Waals surface area (Å²) in [5, 5.41) is 8.37. The van der Waals surface area contributed by atoms with Gasteiger partial charge in [0.1, 0.15) is 13.2 Å². The van der Waals surface area contributed by atoms with Gasteiger partial charge in [0.15, 0.2) is 11.5 Å². The highest BCUT2D eigenvalue weighted by molar-refractivity contribution is 6.32. The van der Waals surface area contributed by atoms with Gasteiger partial charge in [-0.2, -0.15) is 0 Å². The molecule has 0 aliphatic carbocycles. The minimum atomic E-state index is -0.336. The molecule has 7 nitrogen and oxygen atoms in total. The van der Waals surface area contributed by atoms with Gasteiger partial charge in [-0.3, -0.25) is 4.79 Å². The third-order valence-corrected chi connectivity index (χ3v) is 3.95. The molecule has 8 heteroatoms. The van der Waals surface area contributed by atoms with Gasteiger partial charge in [-0.05, 0) is 36.4 Å². The summed E-state index contributed by atoms with van der Waals surface area (Å²) in [6.07, 6.45) is 1.59. The lowest BCUT2D eigenvalue weighted by Crippen LogP contribution is -2.28. The average molecular weight is 388 g/mol. The highest BCUT2D eigenvalue weighted by atomic mass is 35.5. The fraction of sp³-hybridized carbons (Fsp3) is 0.158. The molecule has 0 fully saturated rings. The van der Waals surface area contributed by atoms with E-state index in [1.165, 1.54) is 6.07 Å². The van der Waals surface area contributed by atoms with Crippen molar-refractivity contribution in [1.29, 1.82) is 0 Å². The second-order valence-corrected chi connectivity index (χ2v) is 6.04. The molecular formula is C19H18ClN3O4. The monoisotopic (exact) mass is 387 g/mol. The van der Waals surface area contributed by atoms with Crippen LogP contribution in [0.25, 0.3) is 0 Å². The number of halogens is 1. The molecule has 0 atom stereocenters. The van der Waals surface area contributed by atoms with Gasteiger partial charge in [-0.15, -0.1) is 6.58 Å². The summed E-state index contributed by atoms with van der Waals surface area (Å²) in [5.74, 6) is 0.562. The largest absolute Gasteiger partial charge is 0.486 e. The van der Waals surface area contributed by atoms with Gasteiger partial charge in [0.05, 0.1) is 5.02 Å². The quantitative estimate of drug-likeness (QED) is 0.683. The Labute approximate surface area is 161 Å². The van der Waals surface area contributed by atoms with Crippen molar-refractivity contribution in [2.45, 2.75) is 0 Å². The number of anilines is 2.